The number of carbonyl (C=O) groups excluding carboxylic acids is 1. The standard InChI is InChI=1S/C35H36F6O6S/c1-2-3-4-5-6-13-20-46-27-19-12-11-18-26(27)30-28-22-14-7-9-16-24(22)29(25-17-10-8-15-23(25)28)31(30)32(42)47-33(34(36,37)38,35(39,40)41)21-48(43,44)45/h7-12,14-19,28-31H,2-6,13,20-21H2,1H3,(H,43,44,45). The second-order valence-electron chi connectivity index (χ2n) is 12.4. The average Bonchev–Trinajstić information content (AvgIpc) is 3.02. The quantitative estimate of drug-likeness (QED) is 0.0832. The van der Waals surface area contributed by atoms with Crippen molar-refractivity contribution in [3.63, 3.8) is 0 Å². The molecule has 3 aliphatic rings. The molecule has 0 saturated heterocycles. The highest BCUT2D eigenvalue weighted by Gasteiger charge is 2.76. The van der Waals surface area contributed by atoms with Gasteiger partial charge in [0, 0.05) is 17.8 Å². The molecule has 260 valence electrons. The van der Waals surface area contributed by atoms with Crippen molar-refractivity contribution in [2.45, 2.75) is 81.2 Å². The number of carbonyl (C=O) groups is 1. The van der Waals surface area contributed by atoms with E-state index < -0.39 is 63.5 Å². The Bertz CT molecular complexity index is 1660. The van der Waals surface area contributed by atoms with Crippen molar-refractivity contribution < 1.29 is 53.6 Å². The smallest absolute Gasteiger partial charge is 0.438 e. The third-order valence-electron chi connectivity index (χ3n) is 9.32. The van der Waals surface area contributed by atoms with Gasteiger partial charge in [0.05, 0.1) is 12.5 Å². The fourth-order valence-corrected chi connectivity index (χ4v) is 8.15. The van der Waals surface area contributed by atoms with E-state index in [2.05, 4.69) is 11.7 Å². The van der Waals surface area contributed by atoms with Crippen molar-refractivity contribution in [1.82, 2.24) is 0 Å². The minimum absolute atomic E-state index is 0.297. The van der Waals surface area contributed by atoms with Crippen molar-refractivity contribution in [2.75, 3.05) is 12.4 Å². The number of halogens is 6. The van der Waals surface area contributed by atoms with E-state index in [1.807, 2.05) is 12.1 Å². The maximum atomic E-state index is 14.4. The van der Waals surface area contributed by atoms with E-state index in [0.717, 1.165) is 43.2 Å². The first-order valence-corrected chi connectivity index (χ1v) is 17.4. The van der Waals surface area contributed by atoms with Crippen molar-refractivity contribution in [3.05, 3.63) is 101 Å². The molecule has 0 saturated carbocycles. The molecule has 0 fully saturated rings. The van der Waals surface area contributed by atoms with Gasteiger partial charge in [0.1, 0.15) is 11.5 Å². The number of esters is 1. The molecule has 2 atom stereocenters. The van der Waals surface area contributed by atoms with Crippen LogP contribution >= 0.6 is 0 Å². The minimum atomic E-state index is -6.45. The van der Waals surface area contributed by atoms with Gasteiger partial charge < -0.3 is 9.47 Å². The Hall–Kier alpha value is -3.58. The van der Waals surface area contributed by atoms with E-state index in [1.54, 1.807) is 60.7 Å². The van der Waals surface area contributed by atoms with E-state index >= 15 is 0 Å². The number of hydrogen-bond acceptors (Lipinski definition) is 5. The number of rotatable bonds is 13. The summed E-state index contributed by atoms with van der Waals surface area (Å²) in [5, 5.41) is 0. The van der Waals surface area contributed by atoms with E-state index in [-0.39, 0.29) is 0 Å². The predicted molar refractivity (Wildman–Crippen MR) is 165 cm³/mol. The number of ether oxygens (including phenoxy) is 2. The van der Waals surface area contributed by atoms with Gasteiger partial charge in [0.25, 0.3) is 10.1 Å². The monoisotopic (exact) mass is 698 g/mol. The molecule has 0 radical (unpaired) electrons. The van der Waals surface area contributed by atoms with Crippen LogP contribution in [0.4, 0.5) is 26.3 Å². The lowest BCUT2D eigenvalue weighted by Crippen LogP contribution is -2.64. The Kier molecular flexibility index (Phi) is 10.2. The van der Waals surface area contributed by atoms with E-state index in [1.165, 1.54) is 0 Å². The fourth-order valence-electron chi connectivity index (χ4n) is 7.25. The predicted octanol–water partition coefficient (Wildman–Crippen LogP) is 8.71. The lowest BCUT2D eigenvalue weighted by atomic mass is 9.52. The maximum Gasteiger partial charge on any atom is 0.438 e. The first kappa shape index (κ1) is 35.7. The summed E-state index contributed by atoms with van der Waals surface area (Å²) in [7, 11) is -5.96. The highest BCUT2D eigenvalue weighted by molar-refractivity contribution is 7.85. The molecule has 6 rings (SSSR count). The summed E-state index contributed by atoms with van der Waals surface area (Å²) in [6, 6.07) is 20.4. The zero-order valence-corrected chi connectivity index (χ0v) is 26.9. The van der Waals surface area contributed by atoms with Gasteiger partial charge in [-0.2, -0.15) is 34.8 Å². The number of fused-ring (bicyclic) bond motifs is 1. The molecule has 3 aliphatic carbocycles. The molecule has 48 heavy (non-hydrogen) atoms. The Morgan fingerprint density at radius 2 is 1.17 bits per heavy atom. The fraction of sp³-hybridized carbons (Fsp3) is 0.457. The molecule has 0 spiro atoms. The summed E-state index contributed by atoms with van der Waals surface area (Å²) in [6.45, 7) is 2.41. The second kappa shape index (κ2) is 13.7. The molecular weight excluding hydrogens is 662 g/mol. The van der Waals surface area contributed by atoms with Gasteiger partial charge >= 0.3 is 23.9 Å². The molecule has 0 amide bonds. The number of hydrogen-bond donors (Lipinski definition) is 1. The molecular formula is C35H36F6O6S. The Balaban J connectivity index is 1.63. The van der Waals surface area contributed by atoms with Crippen LogP contribution in [-0.4, -0.2) is 49.3 Å². The van der Waals surface area contributed by atoms with Gasteiger partial charge in [-0.1, -0.05) is 106 Å². The summed E-state index contributed by atoms with van der Waals surface area (Å²) < 4.78 is 129. The lowest BCUT2D eigenvalue weighted by Gasteiger charge is -2.50. The van der Waals surface area contributed by atoms with Crippen LogP contribution in [0.3, 0.4) is 0 Å². The largest absolute Gasteiger partial charge is 0.493 e. The van der Waals surface area contributed by atoms with Crippen LogP contribution in [0.15, 0.2) is 72.8 Å². The lowest BCUT2D eigenvalue weighted by molar-refractivity contribution is -0.362. The third kappa shape index (κ3) is 6.80. The molecule has 0 aliphatic heterocycles. The molecule has 2 bridgehead atoms. The van der Waals surface area contributed by atoms with Crippen LogP contribution in [0.2, 0.25) is 0 Å². The third-order valence-corrected chi connectivity index (χ3v) is 10.1. The van der Waals surface area contributed by atoms with Gasteiger partial charge in [-0.05, 0) is 40.3 Å². The second-order valence-corrected chi connectivity index (χ2v) is 13.8. The highest BCUT2D eigenvalue weighted by Crippen LogP contribution is 2.63. The first-order chi connectivity index (χ1) is 22.6. The van der Waals surface area contributed by atoms with Crippen LogP contribution in [0.1, 0.15) is 91.0 Å². The molecule has 13 heteroatoms. The number of benzene rings is 3. The SMILES string of the molecule is CCCCCCCCOc1ccccc1C1C2c3ccccc3C(c3ccccc32)C1C(=O)OC(CS(=O)(=O)O)(C(F)(F)F)C(F)(F)F. The van der Waals surface area contributed by atoms with E-state index in [4.69, 9.17) is 4.74 Å². The number of alkyl halides is 6. The summed E-state index contributed by atoms with van der Waals surface area (Å²) in [5.41, 5.74) is -2.58. The molecule has 0 aromatic heterocycles. The van der Waals surface area contributed by atoms with Gasteiger partial charge in [0.15, 0.2) is 0 Å². The van der Waals surface area contributed by atoms with E-state index in [9.17, 15) is 44.1 Å². The molecule has 2 unspecified atom stereocenters. The normalized spacial score (nSPS) is 20.6. The average molecular weight is 699 g/mol. The van der Waals surface area contributed by atoms with Gasteiger partial charge in [-0.15, -0.1) is 0 Å². The van der Waals surface area contributed by atoms with Gasteiger partial charge in [-0.25, -0.2) is 0 Å². The topological polar surface area (TPSA) is 89.9 Å². The summed E-state index contributed by atoms with van der Waals surface area (Å²) >= 11 is 0. The van der Waals surface area contributed by atoms with E-state index in [0.29, 0.717) is 35.5 Å². The van der Waals surface area contributed by atoms with Gasteiger partial charge in [0.2, 0.25) is 0 Å². The van der Waals surface area contributed by atoms with Gasteiger partial charge in [-0.3, -0.25) is 9.35 Å². The number of para-hydroxylation sites is 1. The minimum Gasteiger partial charge on any atom is -0.493 e. The molecule has 3 aromatic rings. The zero-order valence-electron chi connectivity index (χ0n) is 26.1. The molecule has 3 aromatic carbocycles. The van der Waals surface area contributed by atoms with Crippen molar-refractivity contribution in [2.24, 2.45) is 5.92 Å². The van der Waals surface area contributed by atoms with Crippen molar-refractivity contribution in [1.29, 1.82) is 0 Å². The highest BCUT2D eigenvalue weighted by atomic mass is 32.2. The Labute approximate surface area is 275 Å². The zero-order chi connectivity index (χ0) is 34.9. The molecule has 6 nitrogen and oxygen atoms in total. The molecule has 1 N–H and O–H groups in total. The van der Waals surface area contributed by atoms with Crippen LogP contribution in [-0.2, 0) is 19.6 Å². The van der Waals surface area contributed by atoms with Crippen LogP contribution in [0, 0.1) is 5.92 Å². The van der Waals surface area contributed by atoms with Crippen molar-refractivity contribution >= 4 is 16.1 Å². The van der Waals surface area contributed by atoms with Crippen molar-refractivity contribution in [3.8, 4) is 5.75 Å². The summed E-state index contributed by atoms with van der Waals surface area (Å²) in [5.74, 6) is -8.99. The molecule has 0 heterocycles. The number of unbranched alkanes of at least 4 members (excludes halogenated alkanes) is 5. The van der Waals surface area contributed by atoms with Crippen LogP contribution < -0.4 is 4.74 Å². The summed E-state index contributed by atoms with van der Waals surface area (Å²) in [6.07, 6.45) is -7.00. The van der Waals surface area contributed by atoms with Crippen LogP contribution in [0.5, 0.6) is 5.75 Å². The Morgan fingerprint density at radius 1 is 0.708 bits per heavy atom. The Morgan fingerprint density at radius 3 is 1.67 bits per heavy atom. The maximum absolute atomic E-state index is 14.4. The summed E-state index contributed by atoms with van der Waals surface area (Å²) in [4.78, 5) is 14.1. The van der Waals surface area contributed by atoms with Crippen LogP contribution in [0.25, 0.3) is 0 Å². The first-order valence-electron chi connectivity index (χ1n) is 15.8.